The maximum Gasteiger partial charge on any atom is 0.328 e. The van der Waals surface area contributed by atoms with E-state index in [1.54, 1.807) is 0 Å². The predicted octanol–water partition coefficient (Wildman–Crippen LogP) is 1.07. The van der Waals surface area contributed by atoms with Crippen LogP contribution < -0.4 is 5.32 Å². The molecule has 0 aliphatic carbocycles. The van der Waals surface area contributed by atoms with Crippen molar-refractivity contribution in [2.24, 2.45) is 0 Å². The number of carboxylic acids is 1. The first-order valence-corrected chi connectivity index (χ1v) is 7.64. The van der Waals surface area contributed by atoms with Crippen LogP contribution in [-0.2, 0) is 14.6 Å². The van der Waals surface area contributed by atoms with Gasteiger partial charge in [0.15, 0.2) is 9.84 Å². The van der Waals surface area contributed by atoms with Crippen molar-refractivity contribution in [3.63, 3.8) is 0 Å². The number of rotatable bonds is 5. The molecule has 1 amide bonds. The van der Waals surface area contributed by atoms with Gasteiger partial charge < -0.3 is 10.4 Å². The molecule has 0 unspecified atom stereocenters. The van der Waals surface area contributed by atoms with Crippen LogP contribution in [0.25, 0.3) is 0 Å². The second kappa shape index (κ2) is 5.62. The summed E-state index contributed by atoms with van der Waals surface area (Å²) in [6, 6.07) is 5.53. The van der Waals surface area contributed by atoms with Crippen LogP contribution in [0.3, 0.4) is 0 Å². The molecule has 1 aromatic carbocycles. The van der Waals surface area contributed by atoms with Crippen LogP contribution in [0.4, 0.5) is 0 Å². The fourth-order valence-electron chi connectivity index (χ4n) is 1.41. The molecule has 0 saturated heterocycles. The van der Waals surface area contributed by atoms with Crippen molar-refractivity contribution in [2.75, 3.05) is 5.75 Å². The third kappa shape index (κ3) is 3.57. The Labute approximate surface area is 117 Å². The van der Waals surface area contributed by atoms with Gasteiger partial charge in [-0.1, -0.05) is 13.0 Å². The minimum Gasteiger partial charge on any atom is -0.480 e. The van der Waals surface area contributed by atoms with Crippen LogP contribution in [0.2, 0.25) is 0 Å². The summed E-state index contributed by atoms with van der Waals surface area (Å²) in [4.78, 5) is 23.0. The van der Waals surface area contributed by atoms with Crippen molar-refractivity contribution >= 4 is 21.7 Å². The highest BCUT2D eigenvalue weighted by molar-refractivity contribution is 7.91. The van der Waals surface area contributed by atoms with Crippen molar-refractivity contribution < 1.29 is 23.1 Å². The minimum absolute atomic E-state index is 0.0424. The number of benzene rings is 1. The standard InChI is InChI=1S/C13H17NO5S/c1-4-20(18,19)10-7-5-6-9(8-10)11(15)14-13(2,3)12(16)17/h5-8H,4H2,1-3H3,(H,14,15)(H,16,17). The smallest absolute Gasteiger partial charge is 0.328 e. The van der Waals surface area contributed by atoms with E-state index in [0.29, 0.717) is 0 Å². The molecule has 20 heavy (non-hydrogen) atoms. The number of sulfone groups is 1. The second-order valence-corrected chi connectivity index (χ2v) is 7.09. The van der Waals surface area contributed by atoms with E-state index < -0.39 is 27.3 Å². The molecule has 0 saturated carbocycles. The lowest BCUT2D eigenvalue weighted by Gasteiger charge is -2.21. The first-order valence-electron chi connectivity index (χ1n) is 5.99. The number of hydrogen-bond donors (Lipinski definition) is 2. The molecule has 1 rings (SSSR count). The fourth-order valence-corrected chi connectivity index (χ4v) is 2.33. The molecule has 0 atom stereocenters. The van der Waals surface area contributed by atoms with Crippen molar-refractivity contribution in [3.8, 4) is 0 Å². The average Bonchev–Trinajstić information content (AvgIpc) is 2.38. The van der Waals surface area contributed by atoms with E-state index in [1.165, 1.54) is 45.0 Å². The van der Waals surface area contributed by atoms with Crippen LogP contribution >= 0.6 is 0 Å². The Morgan fingerprint density at radius 3 is 2.40 bits per heavy atom. The molecule has 110 valence electrons. The van der Waals surface area contributed by atoms with Crippen LogP contribution in [0, 0.1) is 0 Å². The van der Waals surface area contributed by atoms with E-state index in [2.05, 4.69) is 5.32 Å². The quantitative estimate of drug-likeness (QED) is 0.847. The second-order valence-electron chi connectivity index (χ2n) is 4.82. The SMILES string of the molecule is CCS(=O)(=O)c1cccc(C(=O)NC(C)(C)C(=O)O)c1. The Kier molecular flexibility index (Phi) is 4.54. The summed E-state index contributed by atoms with van der Waals surface area (Å²) in [6.07, 6.45) is 0. The largest absolute Gasteiger partial charge is 0.480 e. The van der Waals surface area contributed by atoms with E-state index in [4.69, 9.17) is 5.11 Å². The van der Waals surface area contributed by atoms with Gasteiger partial charge in [-0.3, -0.25) is 4.79 Å². The van der Waals surface area contributed by atoms with Crippen LogP contribution in [0.1, 0.15) is 31.1 Å². The molecule has 7 heteroatoms. The molecule has 0 aliphatic heterocycles. The molecule has 0 heterocycles. The lowest BCUT2D eigenvalue weighted by molar-refractivity contribution is -0.143. The van der Waals surface area contributed by atoms with Gasteiger partial charge in [0, 0.05) is 5.56 Å². The summed E-state index contributed by atoms with van der Waals surface area (Å²) in [6.45, 7) is 4.20. The maximum absolute atomic E-state index is 12.0. The highest BCUT2D eigenvalue weighted by Crippen LogP contribution is 2.14. The zero-order valence-corrected chi connectivity index (χ0v) is 12.3. The number of carboxylic acid groups (broad SMARTS) is 1. The van der Waals surface area contributed by atoms with Gasteiger partial charge in [0.25, 0.3) is 5.91 Å². The number of amides is 1. The number of nitrogens with one attached hydrogen (secondary N) is 1. The van der Waals surface area contributed by atoms with Crippen LogP contribution in [-0.4, -0.2) is 36.7 Å². The Hall–Kier alpha value is -1.89. The Balaban J connectivity index is 3.08. The van der Waals surface area contributed by atoms with Crippen molar-refractivity contribution in [3.05, 3.63) is 29.8 Å². The van der Waals surface area contributed by atoms with Crippen molar-refractivity contribution in [2.45, 2.75) is 31.2 Å². The molecule has 1 aromatic rings. The first kappa shape index (κ1) is 16.2. The summed E-state index contributed by atoms with van der Waals surface area (Å²) in [5.74, 6) is -1.88. The van der Waals surface area contributed by atoms with Gasteiger partial charge in [-0.2, -0.15) is 0 Å². The number of carbonyl (C=O) groups is 2. The van der Waals surface area contributed by atoms with Gasteiger partial charge in [-0.05, 0) is 32.0 Å². The summed E-state index contributed by atoms with van der Waals surface area (Å²) >= 11 is 0. The molecule has 0 spiro atoms. The Morgan fingerprint density at radius 2 is 1.90 bits per heavy atom. The number of carbonyl (C=O) groups excluding carboxylic acids is 1. The highest BCUT2D eigenvalue weighted by atomic mass is 32.2. The van der Waals surface area contributed by atoms with E-state index in [1.807, 2.05) is 0 Å². The van der Waals surface area contributed by atoms with E-state index in [-0.39, 0.29) is 16.2 Å². The first-order chi connectivity index (χ1) is 9.10. The Morgan fingerprint density at radius 1 is 1.30 bits per heavy atom. The monoisotopic (exact) mass is 299 g/mol. The molecular weight excluding hydrogens is 282 g/mol. The zero-order chi connectivity index (χ0) is 15.6. The summed E-state index contributed by atoms with van der Waals surface area (Å²) in [7, 11) is -3.41. The maximum atomic E-state index is 12.0. The average molecular weight is 299 g/mol. The Bertz CT molecular complexity index is 634. The molecule has 0 fully saturated rings. The van der Waals surface area contributed by atoms with E-state index in [9.17, 15) is 18.0 Å². The predicted molar refractivity (Wildman–Crippen MR) is 73.3 cm³/mol. The minimum atomic E-state index is -3.41. The number of hydrogen-bond acceptors (Lipinski definition) is 4. The van der Waals surface area contributed by atoms with Crippen molar-refractivity contribution in [1.29, 1.82) is 0 Å². The number of aliphatic carboxylic acids is 1. The van der Waals surface area contributed by atoms with Gasteiger partial charge in [0.05, 0.1) is 10.6 Å². The third-order valence-electron chi connectivity index (χ3n) is 2.80. The van der Waals surface area contributed by atoms with Gasteiger partial charge in [-0.15, -0.1) is 0 Å². The van der Waals surface area contributed by atoms with Gasteiger partial charge in [0.2, 0.25) is 0 Å². The van der Waals surface area contributed by atoms with E-state index in [0.717, 1.165) is 0 Å². The van der Waals surface area contributed by atoms with Crippen molar-refractivity contribution in [1.82, 2.24) is 5.32 Å². The normalized spacial score (nSPS) is 11.9. The molecular formula is C13H17NO5S. The molecule has 2 N–H and O–H groups in total. The van der Waals surface area contributed by atoms with Gasteiger partial charge in [0.1, 0.15) is 5.54 Å². The van der Waals surface area contributed by atoms with Gasteiger partial charge >= 0.3 is 5.97 Å². The summed E-state index contributed by atoms with van der Waals surface area (Å²) in [5.41, 5.74) is -1.33. The zero-order valence-electron chi connectivity index (χ0n) is 11.5. The highest BCUT2D eigenvalue weighted by Gasteiger charge is 2.29. The topological polar surface area (TPSA) is 101 Å². The molecule has 6 nitrogen and oxygen atoms in total. The third-order valence-corrected chi connectivity index (χ3v) is 4.53. The molecule has 0 aliphatic rings. The fraction of sp³-hybridized carbons (Fsp3) is 0.385. The summed E-state index contributed by atoms with van der Waals surface area (Å²) < 4.78 is 23.5. The lowest BCUT2D eigenvalue weighted by atomic mass is 10.1. The van der Waals surface area contributed by atoms with E-state index >= 15 is 0 Å². The van der Waals surface area contributed by atoms with Gasteiger partial charge in [-0.25, -0.2) is 13.2 Å². The molecule has 0 bridgehead atoms. The lowest BCUT2D eigenvalue weighted by Crippen LogP contribution is -2.49. The molecule has 0 radical (unpaired) electrons. The van der Waals surface area contributed by atoms with Crippen LogP contribution in [0.5, 0.6) is 0 Å². The molecule has 0 aromatic heterocycles. The summed E-state index contributed by atoms with van der Waals surface area (Å²) in [5, 5.41) is 11.3. The van der Waals surface area contributed by atoms with Crippen LogP contribution in [0.15, 0.2) is 29.2 Å².